The zero-order valence-corrected chi connectivity index (χ0v) is 11.8. The average Bonchev–Trinajstić information content (AvgIpc) is 2.40. The van der Waals surface area contributed by atoms with Gasteiger partial charge in [0.15, 0.2) is 0 Å². The number of nitrogens with one attached hydrogen (secondary N) is 1. The van der Waals surface area contributed by atoms with Gasteiger partial charge in [0.2, 0.25) is 0 Å². The van der Waals surface area contributed by atoms with Gasteiger partial charge >= 0.3 is 18.1 Å². The van der Waals surface area contributed by atoms with Crippen molar-refractivity contribution in [2.24, 2.45) is 0 Å². The Balaban J connectivity index is 2.80. The summed E-state index contributed by atoms with van der Waals surface area (Å²) in [5, 5.41) is 2.12. The predicted molar refractivity (Wildman–Crippen MR) is 71.1 cm³/mol. The Morgan fingerprint density at radius 1 is 1.33 bits per heavy atom. The molecule has 1 aromatic carbocycles. The quantitative estimate of drug-likeness (QED) is 0.846. The van der Waals surface area contributed by atoms with Gasteiger partial charge < -0.3 is 10.1 Å². The van der Waals surface area contributed by atoms with Crippen molar-refractivity contribution in [3.8, 4) is 0 Å². The molecule has 0 saturated heterocycles. The minimum absolute atomic E-state index is 0.0200. The van der Waals surface area contributed by atoms with Gasteiger partial charge in [-0.25, -0.2) is 0 Å². The van der Waals surface area contributed by atoms with E-state index >= 15 is 0 Å². The molecule has 21 heavy (non-hydrogen) atoms. The number of methoxy groups -OCH3 is 1. The van der Waals surface area contributed by atoms with Crippen molar-refractivity contribution in [1.29, 1.82) is 0 Å². The largest absolute Gasteiger partial charge is 0.471 e. The molecule has 1 rings (SSSR count). The Kier molecular flexibility index (Phi) is 6.02. The van der Waals surface area contributed by atoms with E-state index in [9.17, 15) is 22.8 Å². The van der Waals surface area contributed by atoms with Crippen LogP contribution in [-0.4, -0.2) is 25.2 Å². The van der Waals surface area contributed by atoms with E-state index in [4.69, 9.17) is 11.6 Å². The molecule has 0 radical (unpaired) electrons. The van der Waals surface area contributed by atoms with Crippen LogP contribution >= 0.6 is 11.6 Å². The molecular formula is C13H13ClF3NO3. The van der Waals surface area contributed by atoms with Gasteiger partial charge in [0.05, 0.1) is 7.11 Å². The Morgan fingerprint density at radius 2 is 2.00 bits per heavy atom. The summed E-state index contributed by atoms with van der Waals surface area (Å²) in [5.41, 5.74) is 0.440. The molecular weight excluding hydrogens is 311 g/mol. The highest BCUT2D eigenvalue weighted by Crippen LogP contribution is 2.25. The lowest BCUT2D eigenvalue weighted by atomic mass is 10.1. The number of hydrogen-bond donors (Lipinski definition) is 1. The maximum absolute atomic E-state index is 12.3. The van der Waals surface area contributed by atoms with Crippen molar-refractivity contribution < 1.29 is 27.5 Å². The van der Waals surface area contributed by atoms with Gasteiger partial charge in [0.25, 0.3) is 0 Å². The second-order valence-electron chi connectivity index (χ2n) is 4.18. The molecule has 0 bridgehead atoms. The maximum atomic E-state index is 12.3. The van der Waals surface area contributed by atoms with E-state index in [2.05, 4.69) is 4.74 Å². The lowest BCUT2D eigenvalue weighted by Crippen LogP contribution is -2.30. The molecule has 1 N–H and O–H groups in total. The highest BCUT2D eigenvalue weighted by molar-refractivity contribution is 6.30. The number of rotatable bonds is 5. The third kappa shape index (κ3) is 5.63. The molecule has 0 aromatic heterocycles. The lowest BCUT2D eigenvalue weighted by Gasteiger charge is -2.13. The van der Waals surface area contributed by atoms with Gasteiger partial charge in [0.1, 0.15) is 0 Å². The Morgan fingerprint density at radius 3 is 2.57 bits per heavy atom. The van der Waals surface area contributed by atoms with Crippen molar-refractivity contribution in [2.75, 3.05) is 12.4 Å². The third-order valence-electron chi connectivity index (χ3n) is 2.63. The third-order valence-corrected chi connectivity index (χ3v) is 2.86. The van der Waals surface area contributed by atoms with Crippen molar-refractivity contribution in [3.63, 3.8) is 0 Å². The fraction of sp³-hybridized carbons (Fsp3) is 0.385. The maximum Gasteiger partial charge on any atom is 0.471 e. The number of amides is 1. The molecule has 4 nitrogen and oxygen atoms in total. The van der Waals surface area contributed by atoms with Gasteiger partial charge in [-0.3, -0.25) is 9.59 Å². The van der Waals surface area contributed by atoms with Crippen molar-refractivity contribution in [2.45, 2.75) is 25.4 Å². The zero-order chi connectivity index (χ0) is 16.0. The minimum atomic E-state index is -4.97. The topological polar surface area (TPSA) is 55.4 Å². The molecule has 0 unspecified atom stereocenters. The van der Waals surface area contributed by atoms with Gasteiger partial charge in [0, 0.05) is 17.1 Å². The van der Waals surface area contributed by atoms with E-state index in [0.717, 1.165) is 0 Å². The number of anilines is 1. The summed E-state index contributed by atoms with van der Waals surface area (Å²) in [6.07, 6.45) is -4.20. The molecule has 0 fully saturated rings. The first kappa shape index (κ1) is 17.3. The first-order valence-electron chi connectivity index (χ1n) is 5.97. The highest BCUT2D eigenvalue weighted by atomic mass is 35.5. The number of esters is 1. The summed E-state index contributed by atoms with van der Waals surface area (Å²) in [4.78, 5) is 22.0. The van der Waals surface area contributed by atoms with Crippen LogP contribution in [0.25, 0.3) is 0 Å². The van der Waals surface area contributed by atoms with Gasteiger partial charge in [-0.05, 0) is 36.6 Å². The number of benzene rings is 1. The fourth-order valence-corrected chi connectivity index (χ4v) is 1.80. The Hall–Kier alpha value is -1.76. The zero-order valence-electron chi connectivity index (χ0n) is 11.1. The van der Waals surface area contributed by atoms with Crippen molar-refractivity contribution in [3.05, 3.63) is 28.8 Å². The van der Waals surface area contributed by atoms with E-state index in [0.29, 0.717) is 17.0 Å². The highest BCUT2D eigenvalue weighted by Gasteiger charge is 2.38. The molecule has 8 heteroatoms. The van der Waals surface area contributed by atoms with E-state index < -0.39 is 18.1 Å². The van der Waals surface area contributed by atoms with E-state index in [1.165, 1.54) is 25.3 Å². The normalized spacial score (nSPS) is 11.1. The Bertz CT molecular complexity index is 532. The van der Waals surface area contributed by atoms with Crippen LogP contribution in [0, 0.1) is 0 Å². The van der Waals surface area contributed by atoms with Crippen LogP contribution < -0.4 is 5.32 Å². The monoisotopic (exact) mass is 323 g/mol. The van der Waals surface area contributed by atoms with Crippen LogP contribution in [0.5, 0.6) is 0 Å². The Labute approximate surface area is 124 Å². The minimum Gasteiger partial charge on any atom is -0.469 e. The van der Waals surface area contributed by atoms with Crippen LogP contribution in [0.15, 0.2) is 18.2 Å². The van der Waals surface area contributed by atoms with Crippen LogP contribution in [0.2, 0.25) is 5.02 Å². The number of carbonyl (C=O) groups excluding carboxylic acids is 2. The smallest absolute Gasteiger partial charge is 0.469 e. The molecule has 116 valence electrons. The molecule has 0 aliphatic rings. The first-order valence-corrected chi connectivity index (χ1v) is 6.35. The summed E-state index contributed by atoms with van der Waals surface area (Å²) in [5.74, 6) is -2.48. The average molecular weight is 324 g/mol. The van der Waals surface area contributed by atoms with Crippen LogP contribution in [0.3, 0.4) is 0 Å². The predicted octanol–water partition coefficient (Wildman–Crippen LogP) is 3.34. The lowest BCUT2D eigenvalue weighted by molar-refractivity contribution is -0.167. The molecule has 0 atom stereocenters. The van der Waals surface area contributed by atoms with Gasteiger partial charge in [-0.2, -0.15) is 13.2 Å². The van der Waals surface area contributed by atoms with Crippen molar-refractivity contribution >= 4 is 29.2 Å². The molecule has 0 heterocycles. The van der Waals surface area contributed by atoms with Crippen molar-refractivity contribution in [1.82, 2.24) is 0 Å². The summed E-state index contributed by atoms with van der Waals surface area (Å²) < 4.78 is 41.2. The number of ether oxygens (including phenoxy) is 1. The van der Waals surface area contributed by atoms with Crippen LogP contribution in [-0.2, 0) is 20.7 Å². The molecule has 0 aliphatic heterocycles. The van der Waals surface area contributed by atoms with Gasteiger partial charge in [-0.15, -0.1) is 0 Å². The summed E-state index contributed by atoms with van der Waals surface area (Å²) in [6.45, 7) is 0. The number of carbonyl (C=O) groups is 2. The number of aryl methyl sites for hydroxylation is 1. The van der Waals surface area contributed by atoms with E-state index in [-0.39, 0.29) is 18.5 Å². The van der Waals surface area contributed by atoms with Gasteiger partial charge in [-0.1, -0.05) is 11.6 Å². The standard InChI is InChI=1S/C13H13ClF3NO3/c1-21-11(19)4-2-3-8-7-9(14)5-6-10(8)18-12(20)13(15,16)17/h5-7H,2-4H2,1H3,(H,18,20). The SMILES string of the molecule is COC(=O)CCCc1cc(Cl)ccc1NC(=O)C(F)(F)F. The molecule has 0 saturated carbocycles. The second kappa shape index (κ2) is 7.31. The summed E-state index contributed by atoms with van der Waals surface area (Å²) in [6, 6.07) is 4.11. The van der Waals surface area contributed by atoms with Crippen LogP contribution in [0.1, 0.15) is 18.4 Å². The first-order chi connectivity index (χ1) is 9.74. The fourth-order valence-electron chi connectivity index (χ4n) is 1.61. The number of hydrogen-bond acceptors (Lipinski definition) is 3. The summed E-state index contributed by atoms with van der Waals surface area (Å²) >= 11 is 5.79. The second-order valence-corrected chi connectivity index (χ2v) is 4.62. The number of halogens is 4. The number of alkyl halides is 3. The molecule has 0 aliphatic carbocycles. The molecule has 1 aromatic rings. The molecule has 0 spiro atoms. The van der Waals surface area contributed by atoms with Crippen LogP contribution in [0.4, 0.5) is 18.9 Å². The molecule has 1 amide bonds. The van der Waals surface area contributed by atoms with E-state index in [1.807, 2.05) is 0 Å². The summed E-state index contributed by atoms with van der Waals surface area (Å²) in [7, 11) is 1.25. The van der Waals surface area contributed by atoms with E-state index in [1.54, 1.807) is 5.32 Å².